The number of thiophene rings is 4. The molecule has 81 heavy (non-hydrogen) atoms. The summed E-state index contributed by atoms with van der Waals surface area (Å²) in [6.45, 7) is -0.605. The fourth-order valence-electron chi connectivity index (χ4n) is 8.69. The molecule has 8 aromatic rings. The second kappa shape index (κ2) is 26.1. The minimum atomic E-state index is -3.90. The summed E-state index contributed by atoms with van der Waals surface area (Å²) in [6.07, 6.45) is -2.11. The van der Waals surface area contributed by atoms with Crippen LogP contribution in [-0.4, -0.2) is 103 Å². The highest BCUT2D eigenvalue weighted by Gasteiger charge is 2.25. The number of fused-ring (bicyclic) bond motifs is 4. The topological polar surface area (TPSA) is 301 Å². The van der Waals surface area contributed by atoms with Gasteiger partial charge in [-0.05, 0) is 106 Å². The molecule has 4 heterocycles. The molecule has 0 saturated carbocycles. The highest BCUT2D eigenvalue weighted by atomic mass is 32.2. The second-order valence-electron chi connectivity index (χ2n) is 18.5. The summed E-state index contributed by atoms with van der Waals surface area (Å²) >= 11 is 2.96. The van der Waals surface area contributed by atoms with Crippen LogP contribution < -0.4 is 18.9 Å². The highest BCUT2D eigenvalue weighted by molar-refractivity contribution is 7.90. The number of carbonyl (C=O) groups is 8. The van der Waals surface area contributed by atoms with Gasteiger partial charge in [0.1, 0.15) is 34.5 Å². The Kier molecular flexibility index (Phi) is 19.3. The zero-order valence-electron chi connectivity index (χ0n) is 43.4. The number of hydrogen-bond acceptors (Lipinski definition) is 20. The predicted octanol–water partition coefficient (Wildman–Crippen LogP) is 10.8. The van der Waals surface area contributed by atoms with Gasteiger partial charge in [-0.15, -0.1) is 45.3 Å². The van der Waals surface area contributed by atoms with Gasteiger partial charge in [0.15, 0.2) is 33.0 Å². The van der Waals surface area contributed by atoms with Gasteiger partial charge in [0.25, 0.3) is 0 Å². The van der Waals surface area contributed by atoms with E-state index in [9.17, 15) is 51.3 Å². The molecule has 4 aromatic carbocycles. The molecular weight excluding hydrogens is 1170 g/mol. The van der Waals surface area contributed by atoms with Crippen LogP contribution in [-0.2, 0) is 67.9 Å². The van der Waals surface area contributed by atoms with E-state index in [4.69, 9.17) is 39.0 Å². The summed E-state index contributed by atoms with van der Waals surface area (Å²) in [5.74, 6) is -5.27. The Hall–Kier alpha value is -7.26. The largest absolute Gasteiger partial charge is 0.616 e. The molecule has 0 spiro atoms. The van der Waals surface area contributed by atoms with Gasteiger partial charge in [0.05, 0.1) is 78.0 Å². The summed E-state index contributed by atoms with van der Waals surface area (Å²) < 4.78 is 72.3. The molecular formula is C56H50O19S6. The summed E-state index contributed by atoms with van der Waals surface area (Å²) in [5.41, 5.74) is 1.69. The molecule has 0 fully saturated rings. The van der Waals surface area contributed by atoms with Crippen LogP contribution in [0.1, 0.15) is 112 Å². The monoisotopic (exact) mass is 1220 g/mol. The molecule has 0 radical (unpaired) electrons. The number of carbonyl (C=O) groups excluding carboxylic acids is 5. The van der Waals surface area contributed by atoms with Crippen molar-refractivity contribution in [3.8, 4) is 23.0 Å². The Bertz CT molecular complexity index is 3920. The number of Topliss-reactive ketones (excluding diaryl/α,β-unsaturated/α-hetero) is 4. The van der Waals surface area contributed by atoms with Crippen LogP contribution in [0.15, 0.2) is 72.8 Å². The fourth-order valence-corrected chi connectivity index (χ4v) is 15.6. The minimum absolute atomic E-state index is 0.00419. The van der Waals surface area contributed by atoms with E-state index >= 15 is 0 Å². The van der Waals surface area contributed by atoms with E-state index in [1.54, 1.807) is 72.8 Å². The predicted molar refractivity (Wildman–Crippen MR) is 308 cm³/mol. The molecule has 424 valence electrons. The number of ether oxygens (including phenoxy) is 5. The number of methoxy groups -OCH3 is 3. The summed E-state index contributed by atoms with van der Waals surface area (Å²) in [5, 5.41) is 29.6. The summed E-state index contributed by atoms with van der Waals surface area (Å²) in [7, 11) is 0.351. The third-order valence-electron chi connectivity index (χ3n) is 12.6. The maximum Gasteiger partial charge on any atom is 0.309 e. The van der Waals surface area contributed by atoms with Gasteiger partial charge in [-0.25, -0.2) is 8.42 Å². The number of hydrogen-bond donors (Lipinski definition) is 3. The van der Waals surface area contributed by atoms with Crippen LogP contribution in [0, 0.1) is 0 Å². The van der Waals surface area contributed by atoms with Crippen molar-refractivity contribution in [3.05, 3.63) is 115 Å². The van der Waals surface area contributed by atoms with Gasteiger partial charge < -0.3 is 43.6 Å². The van der Waals surface area contributed by atoms with E-state index in [2.05, 4.69) is 0 Å². The van der Waals surface area contributed by atoms with Gasteiger partial charge in [0.2, 0.25) is 6.79 Å². The summed E-state index contributed by atoms with van der Waals surface area (Å²) in [4.78, 5) is 99.4. The van der Waals surface area contributed by atoms with Gasteiger partial charge in [-0.2, -0.15) is 0 Å². The average Bonchev–Trinajstić information content (AvgIpc) is 4.44. The Labute approximate surface area is 481 Å². The van der Waals surface area contributed by atoms with Crippen molar-refractivity contribution < 1.29 is 90.3 Å². The smallest absolute Gasteiger partial charge is 0.309 e. The average molecular weight is 1220 g/mol. The molecule has 1 unspecified atom stereocenters. The number of rotatable bonds is 30. The van der Waals surface area contributed by atoms with Crippen molar-refractivity contribution >= 4 is 154 Å². The molecule has 1 atom stereocenters. The Morgan fingerprint density at radius 3 is 1.10 bits per heavy atom. The van der Waals surface area contributed by atoms with E-state index in [1.165, 1.54) is 32.7 Å². The number of carboxylic acid groups (broad SMARTS) is 3. The van der Waals surface area contributed by atoms with Gasteiger partial charge >= 0.3 is 23.9 Å². The van der Waals surface area contributed by atoms with Crippen molar-refractivity contribution in [1.29, 1.82) is 0 Å². The maximum absolute atomic E-state index is 14.0. The molecule has 25 heteroatoms. The first-order valence-corrected chi connectivity index (χ1v) is 31.2. The zero-order valence-corrected chi connectivity index (χ0v) is 48.3. The number of ketones is 4. The van der Waals surface area contributed by atoms with E-state index in [1.807, 2.05) is 0 Å². The molecule has 0 bridgehead atoms. The zero-order chi connectivity index (χ0) is 58.3. The normalized spacial score (nSPS) is 12.0. The summed E-state index contributed by atoms with van der Waals surface area (Å²) in [6, 6.07) is 19.8. The van der Waals surface area contributed by atoms with Gasteiger partial charge in [-0.3, -0.25) is 38.4 Å². The van der Waals surface area contributed by atoms with Crippen LogP contribution in [0.2, 0.25) is 0 Å². The number of aliphatic carboxylic acids is 3. The van der Waals surface area contributed by atoms with Crippen LogP contribution in [0.4, 0.5) is 0 Å². The van der Waals surface area contributed by atoms with Crippen molar-refractivity contribution in [2.45, 2.75) is 74.4 Å². The van der Waals surface area contributed by atoms with Gasteiger partial charge in [0, 0.05) is 66.7 Å². The lowest BCUT2D eigenvalue weighted by molar-refractivity contribution is -0.150. The van der Waals surface area contributed by atoms with E-state index in [0.29, 0.717) is 93.6 Å². The third kappa shape index (κ3) is 15.2. The molecule has 0 amide bonds. The lowest BCUT2D eigenvalue weighted by Gasteiger charge is -2.16. The van der Waals surface area contributed by atoms with E-state index in [0.717, 1.165) is 34.0 Å². The first-order valence-electron chi connectivity index (χ1n) is 24.6. The lowest BCUT2D eigenvalue weighted by atomic mass is 10.1. The maximum atomic E-state index is 14.0. The fraction of sp³-hybridized carbons (Fsp3) is 0.286. The first-order chi connectivity index (χ1) is 38.6. The molecule has 19 nitrogen and oxygen atoms in total. The minimum Gasteiger partial charge on any atom is -0.616 e. The number of sulfone groups is 1. The van der Waals surface area contributed by atoms with E-state index in [-0.39, 0.29) is 97.5 Å². The van der Waals surface area contributed by atoms with Crippen LogP contribution in [0.5, 0.6) is 23.0 Å². The molecule has 0 aliphatic heterocycles. The molecule has 0 saturated heterocycles. The standard InChI is InChI=1S/C56H50O19S6/c1-71-41-20-45-29(16-49(76-45)37(57)4-8-53(61)62)12-33(41)24-80(68)25-34-13-30-17-50(38(58)5-9-54(63)64)79-48(30)23-44(34)74-28-75-56(67)11-7-40(60)52-19-32-15-36(43(73-3)22-47(32)78-52)27-81(69,70)26-35-14-31-18-51(39(59)6-10-55(65)66)77-46(31)21-42(35)72-2/h12-23H,4-11,24-28H2,1-3H3,(H,61,62)(H,63,64)(H,65,66). The Balaban J connectivity index is 0.915. The Morgan fingerprint density at radius 1 is 0.444 bits per heavy atom. The molecule has 8 rings (SSSR count). The molecule has 4 aromatic heterocycles. The quantitative estimate of drug-likeness (QED) is 0.0163. The van der Waals surface area contributed by atoms with Crippen molar-refractivity contribution in [1.82, 2.24) is 0 Å². The van der Waals surface area contributed by atoms with Crippen LogP contribution >= 0.6 is 45.3 Å². The van der Waals surface area contributed by atoms with Crippen LogP contribution in [0.3, 0.4) is 0 Å². The SMILES string of the molecule is COc1cc2sc(C(=O)CCC(=O)O)cc2cc1C[S+]([O-])Cc1cc2cc(C(=O)CCC(=O)O)sc2cc1OCOC(=O)CCC(=O)c1cc2cc(CS(=O)(=O)Cc3cc4cc(C(=O)CCC(=O)O)sc4cc3OC)c(OC)cc2s1. The van der Waals surface area contributed by atoms with Gasteiger partial charge in [-0.1, -0.05) is 0 Å². The second-order valence-corrected chi connectivity index (χ2v) is 26.3. The molecule has 0 aliphatic rings. The number of esters is 1. The van der Waals surface area contributed by atoms with E-state index < -0.39 is 63.2 Å². The van der Waals surface area contributed by atoms with Crippen molar-refractivity contribution in [2.75, 3.05) is 28.1 Å². The van der Waals surface area contributed by atoms with Crippen LogP contribution in [0.25, 0.3) is 40.3 Å². The molecule has 3 N–H and O–H groups in total. The van der Waals surface area contributed by atoms with Crippen molar-refractivity contribution in [2.24, 2.45) is 0 Å². The lowest BCUT2D eigenvalue weighted by Crippen LogP contribution is -2.14. The molecule has 0 aliphatic carbocycles. The third-order valence-corrected chi connectivity index (χ3v) is 20.0. The van der Waals surface area contributed by atoms with Crippen molar-refractivity contribution in [3.63, 3.8) is 0 Å². The highest BCUT2D eigenvalue weighted by Crippen LogP contribution is 2.39. The number of benzene rings is 4. The Morgan fingerprint density at radius 2 is 0.753 bits per heavy atom. The number of carboxylic acids is 3. The first kappa shape index (κ1) is 59.9.